The third-order valence-corrected chi connectivity index (χ3v) is 3.97. The molecule has 2 rings (SSSR count). The molecule has 3 heteroatoms. The molecular formula is C17H26ClNO. The van der Waals surface area contributed by atoms with Crippen LogP contribution in [-0.2, 0) is 6.54 Å². The van der Waals surface area contributed by atoms with Crippen molar-refractivity contribution in [2.75, 3.05) is 6.61 Å². The Morgan fingerprint density at radius 3 is 2.70 bits per heavy atom. The van der Waals surface area contributed by atoms with Crippen molar-refractivity contribution < 1.29 is 4.74 Å². The standard InChI is InChI=1S/C17H26ClNO/c1-2-3-4-5-6-11-20-17-10-7-14(12-16(17)18)13-19-15-8-9-15/h7,10,12,15,19H,2-6,8-9,11,13H2,1H3. The second-order valence-corrected chi connectivity index (χ2v) is 6.09. The van der Waals surface area contributed by atoms with Gasteiger partial charge in [-0.1, -0.05) is 50.3 Å². The van der Waals surface area contributed by atoms with Crippen molar-refractivity contribution >= 4 is 11.6 Å². The van der Waals surface area contributed by atoms with E-state index in [-0.39, 0.29) is 0 Å². The van der Waals surface area contributed by atoms with Crippen LogP contribution in [0.3, 0.4) is 0 Å². The van der Waals surface area contributed by atoms with Crippen LogP contribution >= 0.6 is 11.6 Å². The molecule has 0 saturated heterocycles. The first kappa shape index (κ1) is 15.7. The molecule has 0 heterocycles. The van der Waals surface area contributed by atoms with Crippen LogP contribution in [-0.4, -0.2) is 12.6 Å². The van der Waals surface area contributed by atoms with Crippen molar-refractivity contribution in [3.05, 3.63) is 28.8 Å². The van der Waals surface area contributed by atoms with Crippen LogP contribution in [0.4, 0.5) is 0 Å². The van der Waals surface area contributed by atoms with E-state index in [9.17, 15) is 0 Å². The molecule has 0 aromatic heterocycles. The number of ether oxygens (including phenoxy) is 1. The van der Waals surface area contributed by atoms with Crippen molar-refractivity contribution in [1.82, 2.24) is 5.32 Å². The fourth-order valence-electron chi connectivity index (χ4n) is 2.21. The number of nitrogens with one attached hydrogen (secondary N) is 1. The van der Waals surface area contributed by atoms with Crippen LogP contribution in [0.15, 0.2) is 18.2 Å². The van der Waals surface area contributed by atoms with Gasteiger partial charge in [0.25, 0.3) is 0 Å². The molecule has 1 aromatic rings. The summed E-state index contributed by atoms with van der Waals surface area (Å²) in [4.78, 5) is 0. The zero-order valence-electron chi connectivity index (χ0n) is 12.5. The lowest BCUT2D eigenvalue weighted by atomic mass is 10.2. The summed E-state index contributed by atoms with van der Waals surface area (Å²) in [6.07, 6.45) is 8.89. The van der Waals surface area contributed by atoms with Crippen molar-refractivity contribution in [3.63, 3.8) is 0 Å². The van der Waals surface area contributed by atoms with Crippen LogP contribution in [0.1, 0.15) is 57.4 Å². The maximum absolute atomic E-state index is 6.27. The summed E-state index contributed by atoms with van der Waals surface area (Å²) in [6, 6.07) is 6.85. The van der Waals surface area contributed by atoms with Gasteiger partial charge in [-0.15, -0.1) is 0 Å². The molecular weight excluding hydrogens is 270 g/mol. The lowest BCUT2D eigenvalue weighted by Crippen LogP contribution is -2.15. The Hall–Kier alpha value is -0.730. The van der Waals surface area contributed by atoms with E-state index in [1.807, 2.05) is 12.1 Å². The quantitative estimate of drug-likeness (QED) is 0.617. The van der Waals surface area contributed by atoms with Gasteiger partial charge in [-0.25, -0.2) is 0 Å². The molecule has 1 N–H and O–H groups in total. The van der Waals surface area contributed by atoms with E-state index in [1.54, 1.807) is 0 Å². The average molecular weight is 296 g/mol. The van der Waals surface area contributed by atoms with Crippen molar-refractivity contribution in [1.29, 1.82) is 0 Å². The van der Waals surface area contributed by atoms with E-state index in [4.69, 9.17) is 16.3 Å². The topological polar surface area (TPSA) is 21.3 Å². The van der Waals surface area contributed by atoms with Crippen LogP contribution in [0.5, 0.6) is 5.75 Å². The van der Waals surface area contributed by atoms with Crippen LogP contribution in [0.2, 0.25) is 5.02 Å². The SMILES string of the molecule is CCCCCCCOc1ccc(CNC2CC2)cc1Cl. The largest absolute Gasteiger partial charge is 0.492 e. The monoisotopic (exact) mass is 295 g/mol. The highest BCUT2D eigenvalue weighted by molar-refractivity contribution is 6.32. The van der Waals surface area contributed by atoms with Crippen molar-refractivity contribution in [3.8, 4) is 5.75 Å². The molecule has 0 radical (unpaired) electrons. The molecule has 0 atom stereocenters. The Kier molecular flexibility index (Phi) is 6.68. The van der Waals surface area contributed by atoms with Gasteiger partial charge in [0.15, 0.2) is 0 Å². The summed E-state index contributed by atoms with van der Waals surface area (Å²) >= 11 is 6.27. The second-order valence-electron chi connectivity index (χ2n) is 5.68. The fraction of sp³-hybridized carbons (Fsp3) is 0.647. The van der Waals surface area contributed by atoms with Gasteiger partial charge in [0.1, 0.15) is 5.75 Å². The van der Waals surface area contributed by atoms with Crippen molar-refractivity contribution in [2.24, 2.45) is 0 Å². The minimum Gasteiger partial charge on any atom is -0.492 e. The highest BCUT2D eigenvalue weighted by atomic mass is 35.5. The lowest BCUT2D eigenvalue weighted by molar-refractivity contribution is 0.304. The maximum Gasteiger partial charge on any atom is 0.137 e. The molecule has 1 fully saturated rings. The van der Waals surface area contributed by atoms with Crippen LogP contribution < -0.4 is 10.1 Å². The Labute approximate surface area is 127 Å². The average Bonchev–Trinajstić information content (AvgIpc) is 3.26. The summed E-state index contributed by atoms with van der Waals surface area (Å²) < 4.78 is 5.76. The highest BCUT2D eigenvalue weighted by Crippen LogP contribution is 2.26. The summed E-state index contributed by atoms with van der Waals surface area (Å²) in [5.74, 6) is 0.817. The minimum atomic E-state index is 0.729. The number of benzene rings is 1. The molecule has 0 bridgehead atoms. The van der Waals surface area contributed by atoms with Gasteiger partial charge in [-0.3, -0.25) is 0 Å². The first-order valence-corrected chi connectivity index (χ1v) is 8.32. The van der Waals surface area contributed by atoms with E-state index < -0.39 is 0 Å². The Morgan fingerprint density at radius 2 is 2.00 bits per heavy atom. The third-order valence-electron chi connectivity index (χ3n) is 3.67. The van der Waals surface area contributed by atoms with Gasteiger partial charge in [0.05, 0.1) is 11.6 Å². The summed E-state index contributed by atoms with van der Waals surface area (Å²) in [5.41, 5.74) is 1.23. The molecule has 1 aromatic carbocycles. The third kappa shape index (κ3) is 5.72. The van der Waals surface area contributed by atoms with E-state index in [0.29, 0.717) is 0 Å². The van der Waals surface area contributed by atoms with Crippen LogP contribution in [0.25, 0.3) is 0 Å². The molecule has 0 amide bonds. The predicted octanol–water partition coefficient (Wildman–Crippen LogP) is 4.94. The summed E-state index contributed by atoms with van der Waals surface area (Å²) in [7, 11) is 0. The van der Waals surface area contributed by atoms with Gasteiger partial charge in [0.2, 0.25) is 0 Å². The van der Waals surface area contributed by atoms with E-state index in [1.165, 1.54) is 44.1 Å². The highest BCUT2D eigenvalue weighted by Gasteiger charge is 2.19. The normalized spacial score (nSPS) is 14.5. The molecule has 0 spiro atoms. The Balaban J connectivity index is 1.68. The Morgan fingerprint density at radius 1 is 1.20 bits per heavy atom. The number of hydrogen-bond donors (Lipinski definition) is 1. The van der Waals surface area contributed by atoms with E-state index in [2.05, 4.69) is 18.3 Å². The van der Waals surface area contributed by atoms with E-state index >= 15 is 0 Å². The number of halogens is 1. The molecule has 1 aliphatic carbocycles. The first-order chi connectivity index (χ1) is 9.79. The van der Waals surface area contributed by atoms with Gasteiger partial charge >= 0.3 is 0 Å². The van der Waals surface area contributed by atoms with Gasteiger partial charge < -0.3 is 10.1 Å². The van der Waals surface area contributed by atoms with Crippen LogP contribution in [0, 0.1) is 0 Å². The number of rotatable bonds is 10. The van der Waals surface area contributed by atoms with Gasteiger partial charge in [-0.05, 0) is 37.0 Å². The van der Waals surface area contributed by atoms with E-state index in [0.717, 1.165) is 36.4 Å². The molecule has 112 valence electrons. The first-order valence-electron chi connectivity index (χ1n) is 7.94. The Bertz CT molecular complexity index is 404. The second kappa shape index (κ2) is 8.53. The zero-order valence-corrected chi connectivity index (χ0v) is 13.2. The molecule has 1 aliphatic rings. The number of hydrogen-bond acceptors (Lipinski definition) is 2. The predicted molar refractivity (Wildman–Crippen MR) is 85.6 cm³/mol. The summed E-state index contributed by atoms with van der Waals surface area (Å²) in [5, 5.41) is 4.22. The minimum absolute atomic E-state index is 0.729. The zero-order chi connectivity index (χ0) is 14.2. The van der Waals surface area contributed by atoms with Gasteiger partial charge in [0, 0.05) is 12.6 Å². The molecule has 0 unspecified atom stereocenters. The van der Waals surface area contributed by atoms with Crippen molar-refractivity contribution in [2.45, 2.75) is 64.5 Å². The number of unbranched alkanes of at least 4 members (excludes halogenated alkanes) is 4. The smallest absolute Gasteiger partial charge is 0.137 e. The fourth-order valence-corrected chi connectivity index (χ4v) is 2.47. The molecule has 0 aliphatic heterocycles. The molecule has 1 saturated carbocycles. The maximum atomic E-state index is 6.27. The van der Waals surface area contributed by atoms with Gasteiger partial charge in [-0.2, -0.15) is 0 Å². The molecule has 20 heavy (non-hydrogen) atoms. The summed E-state index contributed by atoms with van der Waals surface area (Å²) in [6.45, 7) is 3.90. The molecule has 2 nitrogen and oxygen atoms in total. The lowest BCUT2D eigenvalue weighted by Gasteiger charge is -2.10.